The number of hydrogen-bond acceptors (Lipinski definition) is 4. The molecular formula is C25H19ClN4O. The van der Waals surface area contributed by atoms with Crippen molar-refractivity contribution in [2.45, 2.75) is 6.61 Å². The minimum atomic E-state index is 0.343. The lowest BCUT2D eigenvalue weighted by Crippen LogP contribution is -1.99. The molecule has 0 saturated heterocycles. The Kier molecular flexibility index (Phi) is 5.10. The van der Waals surface area contributed by atoms with Crippen LogP contribution in [0.5, 0.6) is 5.75 Å². The molecule has 0 atom stereocenters. The fourth-order valence-corrected chi connectivity index (χ4v) is 3.85. The number of benzene rings is 2. The van der Waals surface area contributed by atoms with Gasteiger partial charge < -0.3 is 4.74 Å². The number of hydrogen-bond donors (Lipinski definition) is 0. The first-order chi connectivity index (χ1) is 15.2. The van der Waals surface area contributed by atoms with Crippen LogP contribution in [-0.4, -0.2) is 19.7 Å². The highest BCUT2D eigenvalue weighted by atomic mass is 35.5. The molecule has 0 spiro atoms. The fraction of sp³-hybridized carbons (Fsp3) is 0.0800. The number of ether oxygens (including phenoxy) is 1. The molecule has 0 aliphatic rings. The molecule has 0 aliphatic carbocycles. The normalized spacial score (nSPS) is 11.0. The predicted octanol–water partition coefficient (Wildman–Crippen LogP) is 5.93. The van der Waals surface area contributed by atoms with Crippen molar-refractivity contribution in [3.8, 4) is 28.1 Å². The van der Waals surface area contributed by atoms with Gasteiger partial charge in [-0.15, -0.1) is 0 Å². The van der Waals surface area contributed by atoms with E-state index >= 15 is 0 Å². The van der Waals surface area contributed by atoms with Crippen LogP contribution in [0.2, 0.25) is 5.02 Å². The number of rotatable bonds is 5. The van der Waals surface area contributed by atoms with Gasteiger partial charge in [0.05, 0.1) is 16.2 Å². The van der Waals surface area contributed by atoms with Gasteiger partial charge in [-0.25, -0.2) is 4.98 Å². The number of nitrogens with zero attached hydrogens (tertiary/aromatic N) is 4. The average molecular weight is 427 g/mol. The van der Waals surface area contributed by atoms with E-state index in [9.17, 15) is 0 Å². The number of halogens is 1. The summed E-state index contributed by atoms with van der Waals surface area (Å²) in [4.78, 5) is 8.74. The van der Waals surface area contributed by atoms with Crippen molar-refractivity contribution in [2.24, 2.45) is 7.05 Å². The number of aryl methyl sites for hydroxylation is 1. The van der Waals surface area contributed by atoms with Crippen molar-refractivity contribution in [3.05, 3.63) is 96.0 Å². The molecule has 0 unspecified atom stereocenters. The van der Waals surface area contributed by atoms with Crippen LogP contribution in [0, 0.1) is 0 Å². The molecule has 0 aliphatic heterocycles. The van der Waals surface area contributed by atoms with Crippen LogP contribution in [0.1, 0.15) is 5.69 Å². The molecule has 152 valence electrons. The van der Waals surface area contributed by atoms with Gasteiger partial charge in [-0.2, -0.15) is 5.10 Å². The minimum Gasteiger partial charge on any atom is -0.487 e. The maximum atomic E-state index is 6.39. The average Bonchev–Trinajstić information content (AvgIpc) is 3.20. The first kappa shape index (κ1) is 19.3. The Morgan fingerprint density at radius 1 is 0.935 bits per heavy atom. The third-order valence-corrected chi connectivity index (χ3v) is 5.37. The summed E-state index contributed by atoms with van der Waals surface area (Å²) in [6, 6.07) is 21.6. The van der Waals surface area contributed by atoms with E-state index in [0.717, 1.165) is 44.7 Å². The van der Waals surface area contributed by atoms with Crippen molar-refractivity contribution in [2.75, 3.05) is 0 Å². The Morgan fingerprint density at radius 2 is 1.71 bits per heavy atom. The molecule has 3 heterocycles. The van der Waals surface area contributed by atoms with Gasteiger partial charge in [0.1, 0.15) is 18.1 Å². The van der Waals surface area contributed by atoms with E-state index in [4.69, 9.17) is 16.3 Å². The Hall–Kier alpha value is -3.70. The largest absolute Gasteiger partial charge is 0.487 e. The number of fused-ring (bicyclic) bond motifs is 1. The monoisotopic (exact) mass is 426 g/mol. The maximum Gasteiger partial charge on any atom is 0.130 e. The van der Waals surface area contributed by atoms with Crippen LogP contribution in [0.3, 0.4) is 0 Å². The van der Waals surface area contributed by atoms with Gasteiger partial charge in [0, 0.05) is 42.2 Å². The minimum absolute atomic E-state index is 0.343. The SMILES string of the molecule is Cn1cc(-c2ccncc2)c(-c2ccc(OCc3cc(Cl)c4ccccc4n3)cc2)n1. The van der Waals surface area contributed by atoms with E-state index in [-0.39, 0.29) is 0 Å². The first-order valence-electron chi connectivity index (χ1n) is 9.89. The topological polar surface area (TPSA) is 52.8 Å². The summed E-state index contributed by atoms with van der Waals surface area (Å²) >= 11 is 6.39. The molecular weight excluding hydrogens is 408 g/mol. The molecule has 0 saturated carbocycles. The van der Waals surface area contributed by atoms with Crippen LogP contribution < -0.4 is 4.74 Å². The van der Waals surface area contributed by atoms with Gasteiger partial charge in [0.15, 0.2) is 0 Å². The first-order valence-corrected chi connectivity index (χ1v) is 10.3. The Balaban J connectivity index is 1.36. The summed E-state index contributed by atoms with van der Waals surface area (Å²) < 4.78 is 7.78. The molecule has 3 aromatic heterocycles. The molecule has 0 radical (unpaired) electrons. The highest BCUT2D eigenvalue weighted by Gasteiger charge is 2.12. The molecule has 5 nitrogen and oxygen atoms in total. The van der Waals surface area contributed by atoms with Gasteiger partial charge in [-0.3, -0.25) is 9.67 Å². The van der Waals surface area contributed by atoms with Crippen LogP contribution in [-0.2, 0) is 13.7 Å². The summed E-state index contributed by atoms with van der Waals surface area (Å²) in [5, 5.41) is 6.27. The lowest BCUT2D eigenvalue weighted by molar-refractivity contribution is 0.302. The lowest BCUT2D eigenvalue weighted by atomic mass is 10.0. The summed E-state index contributed by atoms with van der Waals surface area (Å²) in [5.74, 6) is 0.760. The second kappa shape index (κ2) is 8.20. The van der Waals surface area contributed by atoms with E-state index in [1.807, 2.05) is 84.7 Å². The molecule has 5 rings (SSSR count). The summed E-state index contributed by atoms with van der Waals surface area (Å²) in [6.07, 6.45) is 5.59. The molecule has 2 aromatic carbocycles. The predicted molar refractivity (Wildman–Crippen MR) is 123 cm³/mol. The van der Waals surface area contributed by atoms with Gasteiger partial charge in [-0.1, -0.05) is 29.8 Å². The highest BCUT2D eigenvalue weighted by Crippen LogP contribution is 2.31. The third kappa shape index (κ3) is 4.00. The van der Waals surface area contributed by atoms with Gasteiger partial charge in [0.2, 0.25) is 0 Å². The van der Waals surface area contributed by atoms with Crippen molar-refractivity contribution >= 4 is 22.5 Å². The van der Waals surface area contributed by atoms with Crippen LogP contribution in [0.4, 0.5) is 0 Å². The zero-order valence-corrected chi connectivity index (χ0v) is 17.6. The maximum absolute atomic E-state index is 6.39. The molecule has 0 amide bonds. The Bertz CT molecular complexity index is 1350. The van der Waals surface area contributed by atoms with Crippen molar-refractivity contribution in [1.29, 1.82) is 0 Å². The summed E-state index contributed by atoms with van der Waals surface area (Å²) in [5.41, 5.74) is 5.74. The van der Waals surface area contributed by atoms with E-state index in [1.165, 1.54) is 0 Å². The van der Waals surface area contributed by atoms with E-state index < -0.39 is 0 Å². The molecule has 6 heteroatoms. The molecule has 0 bridgehead atoms. The van der Waals surface area contributed by atoms with E-state index in [0.29, 0.717) is 11.6 Å². The number of aromatic nitrogens is 4. The second-order valence-electron chi connectivity index (χ2n) is 7.23. The molecule has 31 heavy (non-hydrogen) atoms. The molecule has 5 aromatic rings. The van der Waals surface area contributed by atoms with E-state index in [1.54, 1.807) is 12.4 Å². The quantitative estimate of drug-likeness (QED) is 0.349. The molecule has 0 N–H and O–H groups in total. The zero-order valence-electron chi connectivity index (χ0n) is 16.9. The van der Waals surface area contributed by atoms with E-state index in [2.05, 4.69) is 15.1 Å². The van der Waals surface area contributed by atoms with Gasteiger partial charge in [0.25, 0.3) is 0 Å². The second-order valence-corrected chi connectivity index (χ2v) is 7.63. The van der Waals surface area contributed by atoms with Crippen LogP contribution in [0.15, 0.2) is 85.3 Å². The fourth-order valence-electron chi connectivity index (χ4n) is 3.57. The number of para-hydroxylation sites is 1. The van der Waals surface area contributed by atoms with Crippen molar-refractivity contribution in [3.63, 3.8) is 0 Å². The Labute approximate surface area is 184 Å². The standard InChI is InChI=1S/C25H19ClN4O/c1-30-15-22(17-10-12-27-13-11-17)25(29-30)18-6-8-20(9-7-18)31-16-19-14-23(26)21-4-2-3-5-24(21)28-19/h2-15H,16H2,1H3. The third-order valence-electron chi connectivity index (χ3n) is 5.05. The lowest BCUT2D eigenvalue weighted by Gasteiger charge is -2.09. The van der Waals surface area contributed by atoms with Crippen molar-refractivity contribution < 1.29 is 4.74 Å². The van der Waals surface area contributed by atoms with Gasteiger partial charge in [-0.05, 0) is 54.1 Å². The zero-order chi connectivity index (χ0) is 21.2. The van der Waals surface area contributed by atoms with Crippen LogP contribution >= 0.6 is 11.6 Å². The summed E-state index contributed by atoms with van der Waals surface area (Å²) in [6.45, 7) is 0.343. The Morgan fingerprint density at radius 3 is 2.52 bits per heavy atom. The smallest absolute Gasteiger partial charge is 0.130 e. The van der Waals surface area contributed by atoms with Crippen LogP contribution in [0.25, 0.3) is 33.3 Å². The number of pyridine rings is 2. The van der Waals surface area contributed by atoms with Gasteiger partial charge >= 0.3 is 0 Å². The molecule has 0 fully saturated rings. The highest BCUT2D eigenvalue weighted by molar-refractivity contribution is 6.35. The van der Waals surface area contributed by atoms with Crippen molar-refractivity contribution in [1.82, 2.24) is 19.7 Å². The summed E-state index contributed by atoms with van der Waals surface area (Å²) in [7, 11) is 1.92.